The minimum atomic E-state index is -4.38. The zero-order valence-electron chi connectivity index (χ0n) is 16.1. The van der Waals surface area contributed by atoms with Crippen LogP contribution in [0.1, 0.15) is 11.1 Å². The van der Waals surface area contributed by atoms with Crippen molar-refractivity contribution in [2.45, 2.75) is 12.6 Å². The van der Waals surface area contributed by atoms with E-state index in [0.29, 0.717) is 23.2 Å². The topological polar surface area (TPSA) is 80.4 Å². The molecule has 10 heteroatoms. The predicted octanol–water partition coefficient (Wildman–Crippen LogP) is 4.20. The Hall–Kier alpha value is -2.72. The molecule has 2 N–H and O–H groups in total. The second kappa shape index (κ2) is 8.97. The maximum absolute atomic E-state index is 12.6. The van der Waals surface area contributed by atoms with Crippen molar-refractivity contribution < 1.29 is 31.1 Å². The molecular weight excluding hydrogens is 421 g/mol. The van der Waals surface area contributed by atoms with Gasteiger partial charge >= 0.3 is 6.18 Å². The summed E-state index contributed by atoms with van der Waals surface area (Å²) in [5.74, 6) is 0.189. The van der Waals surface area contributed by atoms with Gasteiger partial charge in [-0.15, -0.1) is 0 Å². The van der Waals surface area contributed by atoms with Crippen LogP contribution in [0.15, 0.2) is 48.7 Å². The lowest BCUT2D eigenvalue weighted by Gasteiger charge is -2.10. The Morgan fingerprint density at radius 1 is 1.07 bits per heavy atom. The predicted molar refractivity (Wildman–Crippen MR) is 108 cm³/mol. The molecule has 0 unspecified atom stereocenters. The van der Waals surface area contributed by atoms with E-state index < -0.39 is 21.8 Å². The molecule has 162 valence electrons. The summed E-state index contributed by atoms with van der Waals surface area (Å²) >= 11 is 0. The molecule has 0 saturated carbocycles. The number of aromatic amines is 1. The van der Waals surface area contributed by atoms with Crippen LogP contribution in [-0.2, 0) is 27.4 Å². The molecule has 0 fully saturated rings. The minimum absolute atomic E-state index is 0.0875. The lowest BCUT2D eigenvalue weighted by Crippen LogP contribution is -2.19. The molecular formula is C20H21F3N2O4S. The summed E-state index contributed by atoms with van der Waals surface area (Å²) < 4.78 is 74.9. The fourth-order valence-electron chi connectivity index (χ4n) is 2.85. The van der Waals surface area contributed by atoms with E-state index in [9.17, 15) is 21.6 Å². The van der Waals surface area contributed by atoms with E-state index >= 15 is 0 Å². The normalized spacial score (nSPS) is 12.3. The number of halogens is 3. The summed E-state index contributed by atoms with van der Waals surface area (Å²) in [5, 5.41) is 0.711. The van der Waals surface area contributed by atoms with Gasteiger partial charge in [0.2, 0.25) is 10.0 Å². The van der Waals surface area contributed by atoms with Gasteiger partial charge in [-0.25, -0.2) is 8.42 Å². The molecule has 0 aliphatic rings. The third-order valence-electron chi connectivity index (χ3n) is 4.41. The number of H-pyrrole nitrogens is 1. The molecule has 0 atom stereocenters. The minimum Gasteiger partial charge on any atom is -0.493 e. The first-order valence-corrected chi connectivity index (χ1v) is 10.7. The van der Waals surface area contributed by atoms with Crippen molar-refractivity contribution in [2.75, 3.05) is 30.8 Å². The van der Waals surface area contributed by atoms with Gasteiger partial charge in [0, 0.05) is 30.6 Å². The van der Waals surface area contributed by atoms with E-state index in [0.717, 1.165) is 23.2 Å². The maximum Gasteiger partial charge on any atom is 0.416 e. The molecule has 2 aromatic carbocycles. The smallest absolute Gasteiger partial charge is 0.416 e. The SMILES string of the molecule is COCCS(=O)(=O)Nc1c[nH]c2ccc(CCOc3ccc(C(F)(F)F)cc3)cc12. The van der Waals surface area contributed by atoms with Crippen molar-refractivity contribution in [1.29, 1.82) is 0 Å². The first kappa shape index (κ1) is 22.0. The molecule has 3 aromatic rings. The number of benzene rings is 2. The van der Waals surface area contributed by atoms with E-state index in [1.165, 1.54) is 19.2 Å². The van der Waals surface area contributed by atoms with Crippen molar-refractivity contribution in [3.8, 4) is 5.75 Å². The summed E-state index contributed by atoms with van der Waals surface area (Å²) in [4.78, 5) is 3.01. The van der Waals surface area contributed by atoms with Crippen LogP contribution in [0.2, 0.25) is 0 Å². The van der Waals surface area contributed by atoms with Crippen LogP contribution >= 0.6 is 0 Å². The number of fused-ring (bicyclic) bond motifs is 1. The van der Waals surface area contributed by atoms with E-state index in [1.807, 2.05) is 18.2 Å². The molecule has 0 spiro atoms. The highest BCUT2D eigenvalue weighted by atomic mass is 32.2. The van der Waals surface area contributed by atoms with E-state index in [4.69, 9.17) is 9.47 Å². The van der Waals surface area contributed by atoms with Crippen LogP contribution in [0.25, 0.3) is 10.9 Å². The monoisotopic (exact) mass is 442 g/mol. The highest BCUT2D eigenvalue weighted by Crippen LogP contribution is 2.30. The molecule has 0 radical (unpaired) electrons. The summed E-state index contributed by atoms with van der Waals surface area (Å²) in [6, 6.07) is 10.1. The summed E-state index contributed by atoms with van der Waals surface area (Å²) in [6.45, 7) is 0.348. The molecule has 1 heterocycles. The van der Waals surface area contributed by atoms with Crippen LogP contribution in [0.4, 0.5) is 18.9 Å². The molecule has 30 heavy (non-hydrogen) atoms. The Balaban J connectivity index is 1.64. The van der Waals surface area contributed by atoms with Gasteiger partial charge in [-0.1, -0.05) is 6.07 Å². The van der Waals surface area contributed by atoms with Gasteiger partial charge in [0.1, 0.15) is 5.75 Å². The molecule has 1 aromatic heterocycles. The molecule has 0 amide bonds. The number of nitrogens with one attached hydrogen (secondary N) is 2. The number of aromatic nitrogens is 1. The molecule has 6 nitrogen and oxygen atoms in total. The van der Waals surface area contributed by atoms with E-state index in [-0.39, 0.29) is 19.0 Å². The molecule has 0 aliphatic carbocycles. The number of rotatable bonds is 9. The van der Waals surface area contributed by atoms with Crippen molar-refractivity contribution in [3.05, 3.63) is 59.8 Å². The van der Waals surface area contributed by atoms with Gasteiger partial charge in [0.25, 0.3) is 0 Å². The zero-order valence-corrected chi connectivity index (χ0v) is 16.9. The zero-order chi connectivity index (χ0) is 21.8. The highest BCUT2D eigenvalue weighted by Gasteiger charge is 2.30. The Bertz CT molecular complexity index is 1090. The fraction of sp³-hybridized carbons (Fsp3) is 0.300. The van der Waals surface area contributed by atoms with Crippen LogP contribution in [0.3, 0.4) is 0 Å². The average Bonchev–Trinajstić information content (AvgIpc) is 3.08. The average molecular weight is 442 g/mol. The van der Waals surface area contributed by atoms with Crippen molar-refractivity contribution in [2.24, 2.45) is 0 Å². The third-order valence-corrected chi connectivity index (χ3v) is 5.64. The van der Waals surface area contributed by atoms with E-state index in [2.05, 4.69) is 9.71 Å². The number of alkyl halides is 3. The molecule has 3 rings (SSSR count). The van der Waals surface area contributed by atoms with Gasteiger partial charge < -0.3 is 14.5 Å². The quantitative estimate of drug-likeness (QED) is 0.521. The first-order chi connectivity index (χ1) is 14.2. The van der Waals surface area contributed by atoms with Crippen LogP contribution < -0.4 is 9.46 Å². The van der Waals surface area contributed by atoms with Gasteiger partial charge in [0.05, 0.1) is 30.2 Å². The van der Waals surface area contributed by atoms with Crippen LogP contribution in [0, 0.1) is 0 Å². The number of methoxy groups -OCH3 is 1. The second-order valence-electron chi connectivity index (χ2n) is 6.62. The molecule has 0 aliphatic heterocycles. The Kier molecular flexibility index (Phi) is 6.57. The van der Waals surface area contributed by atoms with Crippen LogP contribution in [-0.4, -0.2) is 39.5 Å². The van der Waals surface area contributed by atoms with Crippen LogP contribution in [0.5, 0.6) is 5.75 Å². The first-order valence-electron chi connectivity index (χ1n) is 9.07. The van der Waals surface area contributed by atoms with Crippen molar-refractivity contribution in [1.82, 2.24) is 4.98 Å². The number of hydrogen-bond donors (Lipinski definition) is 2. The summed E-state index contributed by atoms with van der Waals surface area (Å²) in [6.07, 6.45) is -2.30. The molecule has 0 bridgehead atoms. The molecule has 0 saturated heterocycles. The second-order valence-corrected chi connectivity index (χ2v) is 8.46. The number of ether oxygens (including phenoxy) is 2. The fourth-order valence-corrected chi connectivity index (χ4v) is 3.84. The summed E-state index contributed by atoms with van der Waals surface area (Å²) in [7, 11) is -2.11. The van der Waals surface area contributed by atoms with Crippen molar-refractivity contribution in [3.63, 3.8) is 0 Å². The highest BCUT2D eigenvalue weighted by molar-refractivity contribution is 7.92. The Morgan fingerprint density at radius 3 is 2.47 bits per heavy atom. The lowest BCUT2D eigenvalue weighted by molar-refractivity contribution is -0.137. The van der Waals surface area contributed by atoms with Gasteiger partial charge in [0.15, 0.2) is 0 Å². The lowest BCUT2D eigenvalue weighted by atomic mass is 10.1. The Morgan fingerprint density at radius 2 is 1.80 bits per heavy atom. The van der Waals surface area contributed by atoms with E-state index in [1.54, 1.807) is 6.20 Å². The van der Waals surface area contributed by atoms with Crippen molar-refractivity contribution >= 4 is 26.6 Å². The summed E-state index contributed by atoms with van der Waals surface area (Å²) in [5.41, 5.74) is 1.37. The standard InChI is InChI=1S/C20H21F3N2O4S/c1-28-10-11-30(26,27)25-19-13-24-18-7-2-14(12-17(18)19)8-9-29-16-5-3-15(4-6-16)20(21,22)23/h2-7,12-13,24-25H,8-11H2,1H3. The Labute approximate surface area is 172 Å². The number of anilines is 1. The van der Waals surface area contributed by atoms with Gasteiger partial charge in [-0.05, 0) is 42.0 Å². The number of hydrogen-bond acceptors (Lipinski definition) is 4. The number of sulfonamides is 1. The van der Waals surface area contributed by atoms with Gasteiger partial charge in [-0.3, -0.25) is 4.72 Å². The van der Waals surface area contributed by atoms with Gasteiger partial charge in [-0.2, -0.15) is 13.2 Å². The largest absolute Gasteiger partial charge is 0.493 e. The third kappa shape index (κ3) is 5.67. The maximum atomic E-state index is 12.6.